The molecule has 0 saturated heterocycles. The maximum atomic E-state index is 13.0. The maximum absolute atomic E-state index is 13.0. The number of nitrogens with zero attached hydrogens (tertiary/aromatic N) is 4. The van der Waals surface area contributed by atoms with Crippen molar-refractivity contribution >= 4 is 23.6 Å². The van der Waals surface area contributed by atoms with Crippen LogP contribution in [0.4, 0.5) is 5.69 Å². The van der Waals surface area contributed by atoms with Crippen LogP contribution in [-0.4, -0.2) is 27.4 Å². The summed E-state index contributed by atoms with van der Waals surface area (Å²) in [5, 5.41) is 12.3. The molecule has 1 atom stereocenters. The molecule has 1 aromatic heterocycles. The van der Waals surface area contributed by atoms with Crippen molar-refractivity contribution in [1.29, 1.82) is 5.26 Å². The van der Waals surface area contributed by atoms with Gasteiger partial charge in [-0.1, -0.05) is 24.3 Å². The number of aromatic nitrogens is 2. The maximum Gasteiger partial charge on any atom is 0.257 e. The number of amides is 2. The Hall–Kier alpha value is -4.64. The smallest absolute Gasteiger partial charge is 0.257 e. The Bertz CT molecular complexity index is 1360. The third kappa shape index (κ3) is 4.19. The zero-order valence-corrected chi connectivity index (χ0v) is 18.2. The predicted octanol–water partition coefficient (Wildman–Crippen LogP) is 3.14. The second kappa shape index (κ2) is 9.08. The van der Waals surface area contributed by atoms with E-state index in [2.05, 4.69) is 16.4 Å². The van der Waals surface area contributed by atoms with E-state index < -0.39 is 6.04 Å². The molecule has 0 saturated carbocycles. The van der Waals surface area contributed by atoms with Crippen LogP contribution in [0.5, 0.6) is 5.75 Å². The van der Waals surface area contributed by atoms with Crippen molar-refractivity contribution in [3.05, 3.63) is 95.9 Å². The zero-order chi connectivity index (χ0) is 23.5. The van der Waals surface area contributed by atoms with Gasteiger partial charge in [-0.2, -0.15) is 5.26 Å². The summed E-state index contributed by atoms with van der Waals surface area (Å²) in [5.74, 6) is -0.00481. The number of hydrogen-bond acceptors (Lipinski definition) is 5. The number of fused-ring (bicyclic) bond motifs is 7. The molecule has 2 aliphatic rings. The van der Waals surface area contributed by atoms with Crippen LogP contribution in [0.3, 0.4) is 0 Å². The van der Waals surface area contributed by atoms with Gasteiger partial charge in [0, 0.05) is 36.6 Å². The highest BCUT2D eigenvalue weighted by Gasteiger charge is 2.30. The van der Waals surface area contributed by atoms with Crippen molar-refractivity contribution in [2.24, 2.45) is 0 Å². The number of carbonyl (C=O) groups is 2. The van der Waals surface area contributed by atoms with Gasteiger partial charge < -0.3 is 14.6 Å². The largest absolute Gasteiger partial charge is 0.464 e. The number of nitriles is 1. The fourth-order valence-corrected chi connectivity index (χ4v) is 4.05. The van der Waals surface area contributed by atoms with Gasteiger partial charge in [0.1, 0.15) is 17.9 Å². The zero-order valence-electron chi connectivity index (χ0n) is 18.2. The van der Waals surface area contributed by atoms with E-state index in [1.54, 1.807) is 36.9 Å². The Kier molecular flexibility index (Phi) is 5.67. The average Bonchev–Trinajstić information content (AvgIpc) is 3.44. The van der Waals surface area contributed by atoms with Crippen LogP contribution < -0.4 is 15.0 Å². The highest BCUT2D eigenvalue weighted by Crippen LogP contribution is 2.27. The molecule has 34 heavy (non-hydrogen) atoms. The van der Waals surface area contributed by atoms with Crippen molar-refractivity contribution in [2.75, 3.05) is 4.90 Å². The fraction of sp³-hybridized carbons (Fsp3) is 0.154. The van der Waals surface area contributed by atoms with Crippen molar-refractivity contribution in [3.8, 4) is 11.8 Å². The lowest BCUT2D eigenvalue weighted by molar-refractivity contribution is -0.125. The molecule has 0 fully saturated rings. The summed E-state index contributed by atoms with van der Waals surface area (Å²) in [5.41, 5.74) is 3.67. The Morgan fingerprint density at radius 3 is 2.91 bits per heavy atom. The first-order chi connectivity index (χ1) is 16.6. The summed E-state index contributed by atoms with van der Waals surface area (Å²) in [7, 11) is 0. The van der Waals surface area contributed by atoms with Gasteiger partial charge in [-0.15, -0.1) is 0 Å². The fourth-order valence-electron chi connectivity index (χ4n) is 4.05. The molecule has 168 valence electrons. The molecule has 8 heteroatoms. The third-order valence-corrected chi connectivity index (χ3v) is 5.81. The number of rotatable bonds is 0. The highest BCUT2D eigenvalue weighted by molar-refractivity contribution is 6.05. The summed E-state index contributed by atoms with van der Waals surface area (Å²) in [6, 6.07) is 14.3. The molecule has 4 bridgehead atoms. The van der Waals surface area contributed by atoms with Gasteiger partial charge in [-0.3, -0.25) is 14.5 Å². The standard InChI is InChI=1S/C26H21N5O3/c27-14-20-6-5-18-13-24(20)34-12-10-19-3-1-2-4-23(19)31-11-9-22(26(31)33)29-25(32)8-7-21-15-28-17-30(21)16-18/h1-6,9-13,15,17,22H,7-8,16H2,(H,29,32)/b12-10-/t22-/m0/s1. The van der Waals surface area contributed by atoms with Crippen molar-refractivity contribution in [1.82, 2.24) is 14.9 Å². The topological polar surface area (TPSA) is 100 Å². The number of imidazole rings is 1. The normalized spacial score (nSPS) is 18.6. The SMILES string of the molecule is N#Cc1ccc2cc1O/C=C\c1ccccc1N1C=C[C@H](NC(=O)CCc3cncn3C2)C1=O. The van der Waals surface area contributed by atoms with E-state index >= 15 is 0 Å². The number of aryl methyl sites for hydroxylation is 1. The monoisotopic (exact) mass is 451 g/mol. The van der Waals surface area contributed by atoms with Crippen LogP contribution >= 0.6 is 0 Å². The van der Waals surface area contributed by atoms with E-state index in [1.807, 2.05) is 41.0 Å². The van der Waals surface area contributed by atoms with Gasteiger partial charge >= 0.3 is 0 Å². The third-order valence-electron chi connectivity index (χ3n) is 5.81. The van der Waals surface area contributed by atoms with Crippen molar-refractivity contribution < 1.29 is 14.3 Å². The molecule has 3 heterocycles. The predicted molar refractivity (Wildman–Crippen MR) is 125 cm³/mol. The van der Waals surface area contributed by atoms with Gasteiger partial charge in [0.25, 0.3) is 5.91 Å². The van der Waals surface area contributed by atoms with Gasteiger partial charge in [0.05, 0.1) is 23.8 Å². The van der Waals surface area contributed by atoms with E-state index in [-0.39, 0.29) is 18.2 Å². The second-order valence-corrected chi connectivity index (χ2v) is 8.03. The molecule has 2 aromatic carbocycles. The molecule has 5 rings (SSSR count). The Morgan fingerprint density at radius 2 is 2.03 bits per heavy atom. The van der Waals surface area contributed by atoms with Crippen LogP contribution in [0.15, 0.2) is 73.5 Å². The first-order valence-corrected chi connectivity index (χ1v) is 10.9. The molecular weight excluding hydrogens is 430 g/mol. The Labute approximate surface area is 196 Å². The number of para-hydroxylation sites is 1. The van der Waals surface area contributed by atoms with Crippen LogP contribution in [0, 0.1) is 11.3 Å². The summed E-state index contributed by atoms with van der Waals surface area (Å²) >= 11 is 0. The number of benzene rings is 2. The van der Waals surface area contributed by atoms with Crippen LogP contribution in [0.1, 0.15) is 28.8 Å². The molecule has 3 aromatic rings. The van der Waals surface area contributed by atoms with E-state index in [0.717, 1.165) is 16.8 Å². The first kappa shape index (κ1) is 21.2. The van der Waals surface area contributed by atoms with E-state index in [1.165, 1.54) is 11.2 Å². The minimum absolute atomic E-state index is 0.207. The summed E-state index contributed by atoms with van der Waals surface area (Å²) in [6.07, 6.45) is 10.7. The van der Waals surface area contributed by atoms with E-state index in [0.29, 0.717) is 30.0 Å². The van der Waals surface area contributed by atoms with Gasteiger partial charge in [-0.05, 0) is 42.3 Å². The molecule has 0 spiro atoms. The Morgan fingerprint density at radius 1 is 1.15 bits per heavy atom. The van der Waals surface area contributed by atoms with E-state index in [9.17, 15) is 14.9 Å². The summed E-state index contributed by atoms with van der Waals surface area (Å²) in [6.45, 7) is 0.518. The van der Waals surface area contributed by atoms with E-state index in [4.69, 9.17) is 4.74 Å². The quantitative estimate of drug-likeness (QED) is 0.566. The lowest BCUT2D eigenvalue weighted by Gasteiger charge is -2.19. The van der Waals surface area contributed by atoms with Crippen LogP contribution in [0.25, 0.3) is 6.08 Å². The molecule has 0 radical (unpaired) electrons. The average molecular weight is 451 g/mol. The molecular formula is C26H21N5O3. The molecule has 0 aliphatic carbocycles. The molecule has 0 unspecified atom stereocenters. The molecule has 8 nitrogen and oxygen atoms in total. The lowest BCUT2D eigenvalue weighted by Crippen LogP contribution is -2.42. The second-order valence-electron chi connectivity index (χ2n) is 8.03. The summed E-state index contributed by atoms with van der Waals surface area (Å²) < 4.78 is 7.81. The number of hydrogen-bond donors (Lipinski definition) is 1. The lowest BCUT2D eigenvalue weighted by atomic mass is 10.1. The van der Waals surface area contributed by atoms with Crippen LogP contribution in [-0.2, 0) is 22.6 Å². The number of anilines is 1. The molecule has 2 amide bonds. The van der Waals surface area contributed by atoms with Crippen molar-refractivity contribution in [2.45, 2.75) is 25.4 Å². The number of ether oxygens (including phenoxy) is 1. The van der Waals surface area contributed by atoms with Crippen molar-refractivity contribution in [3.63, 3.8) is 0 Å². The number of nitrogens with one attached hydrogen (secondary N) is 1. The van der Waals surface area contributed by atoms with Gasteiger partial charge in [0.2, 0.25) is 5.91 Å². The first-order valence-electron chi connectivity index (χ1n) is 10.9. The Balaban J connectivity index is 1.54. The molecule has 2 aliphatic heterocycles. The van der Waals surface area contributed by atoms with Crippen LogP contribution in [0.2, 0.25) is 0 Å². The number of carbonyl (C=O) groups excluding carboxylic acids is 2. The van der Waals surface area contributed by atoms with Gasteiger partial charge in [0.15, 0.2) is 0 Å². The highest BCUT2D eigenvalue weighted by atomic mass is 16.5. The minimum Gasteiger partial charge on any atom is -0.464 e. The molecule has 1 N–H and O–H groups in total. The summed E-state index contributed by atoms with van der Waals surface area (Å²) in [4.78, 5) is 31.3. The van der Waals surface area contributed by atoms with Gasteiger partial charge in [-0.25, -0.2) is 4.98 Å². The minimum atomic E-state index is -0.720.